The lowest BCUT2D eigenvalue weighted by atomic mass is 9.92. The van der Waals surface area contributed by atoms with Gasteiger partial charge in [-0.1, -0.05) is 32.6 Å². The molecule has 122 valence electrons. The highest BCUT2D eigenvalue weighted by Gasteiger charge is 2.38. The summed E-state index contributed by atoms with van der Waals surface area (Å²) in [6.45, 7) is 9.85. The summed E-state index contributed by atoms with van der Waals surface area (Å²) in [7, 11) is 0. The van der Waals surface area contributed by atoms with Gasteiger partial charge in [0.1, 0.15) is 0 Å². The van der Waals surface area contributed by atoms with Crippen LogP contribution in [0.4, 0.5) is 0 Å². The Labute approximate surface area is 131 Å². The molecule has 1 saturated carbocycles. The molecule has 4 unspecified atom stereocenters. The van der Waals surface area contributed by atoms with Crippen molar-refractivity contribution in [2.45, 2.75) is 89.4 Å². The molecule has 0 amide bonds. The van der Waals surface area contributed by atoms with E-state index < -0.39 is 0 Å². The number of piperazine rings is 1. The lowest BCUT2D eigenvalue weighted by Gasteiger charge is -2.51. The second-order valence-electron chi connectivity index (χ2n) is 7.56. The van der Waals surface area contributed by atoms with Crippen LogP contribution in [0.15, 0.2) is 0 Å². The largest absolute Gasteiger partial charge is 0.313 e. The molecule has 0 spiro atoms. The van der Waals surface area contributed by atoms with E-state index in [0.29, 0.717) is 0 Å². The molecule has 3 heteroatoms. The van der Waals surface area contributed by atoms with Gasteiger partial charge in [-0.2, -0.15) is 0 Å². The summed E-state index contributed by atoms with van der Waals surface area (Å²) in [5.74, 6) is 0. The highest BCUT2D eigenvalue weighted by Crippen LogP contribution is 2.30. The maximum Gasteiger partial charge on any atom is 0.0253 e. The fourth-order valence-electron chi connectivity index (χ4n) is 5.02. The van der Waals surface area contributed by atoms with Crippen LogP contribution < -0.4 is 5.32 Å². The quantitative estimate of drug-likeness (QED) is 0.807. The van der Waals surface area contributed by atoms with Gasteiger partial charge in [-0.05, 0) is 45.7 Å². The number of piperidine rings is 1. The zero-order valence-corrected chi connectivity index (χ0v) is 14.2. The number of nitrogens with zero attached hydrogens (tertiary/aromatic N) is 2. The summed E-state index contributed by atoms with van der Waals surface area (Å²) in [5.41, 5.74) is 0. The molecule has 0 aromatic carbocycles. The van der Waals surface area contributed by atoms with Crippen LogP contribution in [-0.4, -0.2) is 60.1 Å². The minimum absolute atomic E-state index is 0.732. The summed E-state index contributed by atoms with van der Waals surface area (Å²) >= 11 is 0. The second kappa shape index (κ2) is 7.43. The highest BCUT2D eigenvalue weighted by molar-refractivity contribution is 4.96. The predicted molar refractivity (Wildman–Crippen MR) is 89.7 cm³/mol. The van der Waals surface area contributed by atoms with E-state index in [1.165, 1.54) is 71.0 Å². The van der Waals surface area contributed by atoms with Crippen molar-refractivity contribution in [3.8, 4) is 0 Å². The lowest BCUT2D eigenvalue weighted by Crippen LogP contribution is -2.64. The molecule has 0 bridgehead atoms. The molecule has 0 aromatic rings. The molecule has 3 aliphatic rings. The molecule has 0 aromatic heterocycles. The van der Waals surface area contributed by atoms with Crippen molar-refractivity contribution in [2.75, 3.05) is 26.2 Å². The van der Waals surface area contributed by atoms with Crippen molar-refractivity contribution >= 4 is 0 Å². The highest BCUT2D eigenvalue weighted by atomic mass is 15.3. The first-order valence-corrected chi connectivity index (χ1v) is 9.52. The van der Waals surface area contributed by atoms with E-state index in [1.807, 2.05) is 0 Å². The maximum absolute atomic E-state index is 3.81. The van der Waals surface area contributed by atoms with E-state index in [-0.39, 0.29) is 0 Å². The van der Waals surface area contributed by atoms with Crippen molar-refractivity contribution in [3.63, 3.8) is 0 Å². The smallest absolute Gasteiger partial charge is 0.0253 e. The van der Waals surface area contributed by atoms with Gasteiger partial charge in [-0.3, -0.25) is 9.80 Å². The van der Waals surface area contributed by atoms with Crippen molar-refractivity contribution in [2.24, 2.45) is 0 Å². The van der Waals surface area contributed by atoms with Gasteiger partial charge in [-0.15, -0.1) is 0 Å². The Balaban J connectivity index is 1.70. The fourth-order valence-corrected chi connectivity index (χ4v) is 5.02. The average Bonchev–Trinajstić information content (AvgIpc) is 2.72. The molecular formula is C18H35N3. The predicted octanol–water partition coefficient (Wildman–Crippen LogP) is 2.86. The number of rotatable bonds is 3. The lowest BCUT2D eigenvalue weighted by molar-refractivity contribution is -0.0180. The van der Waals surface area contributed by atoms with Gasteiger partial charge < -0.3 is 5.32 Å². The zero-order chi connectivity index (χ0) is 14.7. The van der Waals surface area contributed by atoms with Gasteiger partial charge in [0.25, 0.3) is 0 Å². The second-order valence-corrected chi connectivity index (χ2v) is 7.56. The Morgan fingerprint density at radius 3 is 2.62 bits per heavy atom. The SMILES string of the molecule is CCNC1CCCCCC1N1CC2CCCCN2CC1C. The van der Waals surface area contributed by atoms with Crippen molar-refractivity contribution in [1.29, 1.82) is 0 Å². The molecule has 2 heterocycles. The van der Waals surface area contributed by atoms with Crippen LogP contribution in [0.1, 0.15) is 65.2 Å². The van der Waals surface area contributed by atoms with Crippen LogP contribution in [-0.2, 0) is 0 Å². The number of hydrogen-bond donors (Lipinski definition) is 1. The molecule has 2 saturated heterocycles. The van der Waals surface area contributed by atoms with Gasteiger partial charge in [0, 0.05) is 37.3 Å². The Bertz CT molecular complexity index is 320. The summed E-state index contributed by atoms with van der Waals surface area (Å²) < 4.78 is 0. The van der Waals surface area contributed by atoms with Gasteiger partial charge in [0.05, 0.1) is 0 Å². The molecule has 2 aliphatic heterocycles. The van der Waals surface area contributed by atoms with E-state index in [9.17, 15) is 0 Å². The van der Waals surface area contributed by atoms with Crippen LogP contribution in [0.3, 0.4) is 0 Å². The average molecular weight is 293 g/mol. The van der Waals surface area contributed by atoms with E-state index in [2.05, 4.69) is 29.0 Å². The van der Waals surface area contributed by atoms with Crippen molar-refractivity contribution in [1.82, 2.24) is 15.1 Å². The molecule has 0 radical (unpaired) electrons. The standard InChI is InChI=1S/C18H35N3/c1-3-19-17-10-5-4-6-11-18(17)21-14-16-9-7-8-12-20(16)13-15(21)2/h15-19H,3-14H2,1-2H3. The number of fused-ring (bicyclic) bond motifs is 1. The maximum atomic E-state index is 3.81. The minimum atomic E-state index is 0.732. The van der Waals surface area contributed by atoms with Crippen LogP contribution in [0, 0.1) is 0 Å². The molecule has 3 fully saturated rings. The van der Waals surface area contributed by atoms with E-state index in [0.717, 1.165) is 30.7 Å². The van der Waals surface area contributed by atoms with Gasteiger partial charge in [0.2, 0.25) is 0 Å². The first-order chi connectivity index (χ1) is 10.3. The van der Waals surface area contributed by atoms with E-state index in [1.54, 1.807) is 0 Å². The Kier molecular flexibility index (Phi) is 5.58. The Morgan fingerprint density at radius 2 is 1.76 bits per heavy atom. The summed E-state index contributed by atoms with van der Waals surface area (Å²) in [6.07, 6.45) is 11.4. The molecule has 1 N–H and O–H groups in total. The number of nitrogens with one attached hydrogen (secondary N) is 1. The van der Waals surface area contributed by atoms with Gasteiger partial charge in [-0.25, -0.2) is 0 Å². The summed E-state index contributed by atoms with van der Waals surface area (Å²) in [4.78, 5) is 5.68. The molecule has 3 nitrogen and oxygen atoms in total. The summed E-state index contributed by atoms with van der Waals surface area (Å²) in [6, 6.07) is 3.10. The zero-order valence-electron chi connectivity index (χ0n) is 14.2. The van der Waals surface area contributed by atoms with Crippen LogP contribution in [0.2, 0.25) is 0 Å². The first-order valence-electron chi connectivity index (χ1n) is 9.52. The third-order valence-corrected chi connectivity index (χ3v) is 6.11. The molecule has 3 rings (SSSR count). The number of likely N-dealkylation sites (N-methyl/N-ethyl adjacent to an activating group) is 1. The fraction of sp³-hybridized carbons (Fsp3) is 1.00. The van der Waals surface area contributed by atoms with E-state index in [4.69, 9.17) is 0 Å². The van der Waals surface area contributed by atoms with E-state index >= 15 is 0 Å². The van der Waals surface area contributed by atoms with Gasteiger partial charge in [0.15, 0.2) is 0 Å². The topological polar surface area (TPSA) is 18.5 Å². The van der Waals surface area contributed by atoms with Crippen LogP contribution in [0.5, 0.6) is 0 Å². The monoisotopic (exact) mass is 293 g/mol. The molecular weight excluding hydrogens is 258 g/mol. The normalized spacial score (nSPS) is 39.7. The molecule has 4 atom stereocenters. The molecule has 21 heavy (non-hydrogen) atoms. The number of hydrogen-bond acceptors (Lipinski definition) is 3. The Morgan fingerprint density at radius 1 is 0.952 bits per heavy atom. The van der Waals surface area contributed by atoms with Gasteiger partial charge >= 0.3 is 0 Å². The summed E-state index contributed by atoms with van der Waals surface area (Å²) in [5, 5.41) is 3.81. The third kappa shape index (κ3) is 3.62. The van der Waals surface area contributed by atoms with Crippen molar-refractivity contribution < 1.29 is 0 Å². The first kappa shape index (κ1) is 15.8. The molecule has 1 aliphatic carbocycles. The van der Waals surface area contributed by atoms with Crippen molar-refractivity contribution in [3.05, 3.63) is 0 Å². The minimum Gasteiger partial charge on any atom is -0.313 e. The van der Waals surface area contributed by atoms with Crippen LogP contribution >= 0.6 is 0 Å². The third-order valence-electron chi connectivity index (χ3n) is 6.11. The Hall–Kier alpha value is -0.120. The van der Waals surface area contributed by atoms with Crippen LogP contribution in [0.25, 0.3) is 0 Å².